The predicted molar refractivity (Wildman–Crippen MR) is 123 cm³/mol. The second kappa shape index (κ2) is 9.79. The zero-order chi connectivity index (χ0) is 20.1. The Balaban J connectivity index is 1.99. The second-order valence-corrected chi connectivity index (χ2v) is 9.84. The van der Waals surface area contributed by atoms with Gasteiger partial charge in [-0.2, -0.15) is 16.2 Å². The molecule has 0 fully saturated rings. The predicted octanol–water partition coefficient (Wildman–Crippen LogP) is 5.99. The van der Waals surface area contributed by atoms with E-state index < -0.39 is 0 Å². The Morgan fingerprint density at radius 2 is 2.04 bits per heavy atom. The van der Waals surface area contributed by atoms with Crippen molar-refractivity contribution in [3.8, 4) is 17.1 Å². The number of aryl methyl sites for hydroxylation is 1. The summed E-state index contributed by atoms with van der Waals surface area (Å²) in [6.07, 6.45) is 6.06. The summed E-state index contributed by atoms with van der Waals surface area (Å²) in [5, 5.41) is 6.11. The maximum Gasteiger partial charge on any atom is 0.172 e. The van der Waals surface area contributed by atoms with Crippen LogP contribution in [0.25, 0.3) is 17.1 Å². The number of benzene rings is 1. The van der Waals surface area contributed by atoms with E-state index in [4.69, 9.17) is 28.3 Å². The van der Waals surface area contributed by atoms with Crippen molar-refractivity contribution >= 4 is 34.3 Å². The third-order valence-electron chi connectivity index (χ3n) is 4.64. The van der Waals surface area contributed by atoms with E-state index >= 15 is 0 Å². The van der Waals surface area contributed by atoms with Gasteiger partial charge < -0.3 is 0 Å². The van der Waals surface area contributed by atoms with Gasteiger partial charge in [-0.3, -0.25) is 4.72 Å². The molecule has 1 atom stereocenters. The Morgan fingerprint density at radius 3 is 2.75 bits per heavy atom. The summed E-state index contributed by atoms with van der Waals surface area (Å²) in [5.41, 5.74) is 4.42. The number of rotatable bonds is 8. The fourth-order valence-corrected chi connectivity index (χ4v) is 5.65. The van der Waals surface area contributed by atoms with Crippen LogP contribution in [0.3, 0.4) is 0 Å². The van der Waals surface area contributed by atoms with Crippen LogP contribution >= 0.6 is 34.3 Å². The molecule has 0 radical (unpaired) electrons. The number of thiol groups is 1. The highest BCUT2D eigenvalue weighted by atomic mass is 35.5. The molecule has 1 aromatic carbocycles. The fourth-order valence-electron chi connectivity index (χ4n) is 3.25. The van der Waals surface area contributed by atoms with Crippen molar-refractivity contribution in [3.63, 3.8) is 0 Å². The number of aromatic nitrogens is 3. The van der Waals surface area contributed by atoms with Crippen LogP contribution in [0.4, 0.5) is 0 Å². The Hall–Kier alpha value is -1.53. The van der Waals surface area contributed by atoms with E-state index in [0.29, 0.717) is 10.8 Å². The van der Waals surface area contributed by atoms with E-state index in [2.05, 4.69) is 36.7 Å². The lowest BCUT2D eigenvalue weighted by Crippen LogP contribution is -2.09. The van der Waals surface area contributed by atoms with Crippen molar-refractivity contribution < 1.29 is 0 Å². The smallest absolute Gasteiger partial charge is 0.172 e. The molecule has 2 aromatic heterocycles. The summed E-state index contributed by atoms with van der Waals surface area (Å²) in [6.45, 7) is 4.32. The summed E-state index contributed by atoms with van der Waals surface area (Å²) in [6, 6.07) is 9.72. The van der Waals surface area contributed by atoms with Crippen LogP contribution in [0.1, 0.15) is 30.9 Å². The lowest BCUT2D eigenvalue weighted by molar-refractivity contribution is 0.850. The second-order valence-electron chi connectivity index (χ2n) is 6.71. The number of nitrogens with one attached hydrogen (secondary N) is 1. The molecule has 0 aliphatic rings. The van der Waals surface area contributed by atoms with Crippen LogP contribution < -0.4 is 4.72 Å². The van der Waals surface area contributed by atoms with Crippen molar-refractivity contribution in [2.75, 3.05) is 12.8 Å². The van der Waals surface area contributed by atoms with Gasteiger partial charge in [0.05, 0.1) is 10.7 Å². The Bertz CT molecular complexity index is 942. The lowest BCUT2D eigenvalue weighted by atomic mass is 10.0. The fraction of sp³-hybridized carbons (Fsp3) is 0.333. The zero-order valence-corrected chi connectivity index (χ0v) is 18.8. The van der Waals surface area contributed by atoms with Gasteiger partial charge in [-0.25, -0.2) is 9.67 Å². The molecule has 7 heteroatoms. The molecule has 0 aliphatic carbocycles. The highest BCUT2D eigenvalue weighted by Crippen LogP contribution is 2.36. The average molecular weight is 437 g/mol. The van der Waals surface area contributed by atoms with Crippen LogP contribution in [-0.2, 0) is 5.75 Å². The number of halogens is 2. The Morgan fingerprint density at radius 1 is 1.21 bits per heavy atom. The minimum Gasteiger partial charge on any atom is -0.286 e. The van der Waals surface area contributed by atoms with Crippen LogP contribution in [0.2, 0.25) is 10.0 Å². The van der Waals surface area contributed by atoms with Gasteiger partial charge in [0.15, 0.2) is 5.82 Å². The Kier molecular flexibility index (Phi) is 7.41. The molecule has 0 aliphatic heterocycles. The SMILES string of the molecule is CCCC[SH](Cc1cc(Cl)cc(C)c1-c1ccn(-c2ncccc2Cl)n1)NC. The molecule has 28 heavy (non-hydrogen) atoms. The molecule has 1 N–H and O–H groups in total. The first-order valence-electron chi connectivity index (χ1n) is 9.41. The van der Waals surface area contributed by atoms with Gasteiger partial charge in [-0.1, -0.05) is 36.5 Å². The maximum absolute atomic E-state index is 6.40. The number of nitrogens with zero attached hydrogens (tertiary/aromatic N) is 3. The summed E-state index contributed by atoms with van der Waals surface area (Å²) in [7, 11) is 2.05. The van der Waals surface area contributed by atoms with Gasteiger partial charge in [0.1, 0.15) is 0 Å². The molecule has 0 spiro atoms. The van der Waals surface area contributed by atoms with E-state index in [-0.39, 0.29) is 11.1 Å². The minimum absolute atomic E-state index is 0.291. The van der Waals surface area contributed by atoms with E-state index in [1.54, 1.807) is 10.9 Å². The third-order valence-corrected chi connectivity index (χ3v) is 7.37. The van der Waals surface area contributed by atoms with Gasteiger partial charge in [0.2, 0.25) is 0 Å². The van der Waals surface area contributed by atoms with Crippen molar-refractivity contribution in [1.29, 1.82) is 0 Å². The van der Waals surface area contributed by atoms with Crippen LogP contribution in [0, 0.1) is 6.92 Å². The summed E-state index contributed by atoms with van der Waals surface area (Å²) < 4.78 is 5.24. The minimum atomic E-state index is -0.291. The molecule has 0 saturated heterocycles. The molecule has 0 amide bonds. The van der Waals surface area contributed by atoms with Gasteiger partial charge in [-0.15, -0.1) is 0 Å². The molecular formula is C21H26Cl2N4S. The normalized spacial score (nSPS) is 13.0. The largest absolute Gasteiger partial charge is 0.286 e. The molecule has 150 valence electrons. The van der Waals surface area contributed by atoms with E-state index in [9.17, 15) is 0 Å². The van der Waals surface area contributed by atoms with Gasteiger partial charge in [0, 0.05) is 28.7 Å². The van der Waals surface area contributed by atoms with Crippen molar-refractivity contribution in [2.45, 2.75) is 32.4 Å². The number of hydrogen-bond donors (Lipinski definition) is 2. The highest BCUT2D eigenvalue weighted by Gasteiger charge is 2.16. The number of pyridine rings is 1. The monoisotopic (exact) mass is 436 g/mol. The third kappa shape index (κ3) is 4.90. The topological polar surface area (TPSA) is 42.7 Å². The molecule has 2 heterocycles. The van der Waals surface area contributed by atoms with Gasteiger partial charge in [-0.05, 0) is 67.6 Å². The van der Waals surface area contributed by atoms with Crippen molar-refractivity contribution in [2.24, 2.45) is 0 Å². The first kappa shape index (κ1) is 21.2. The first-order chi connectivity index (χ1) is 13.5. The molecule has 4 nitrogen and oxygen atoms in total. The molecule has 3 aromatic rings. The highest BCUT2D eigenvalue weighted by molar-refractivity contribution is 8.14. The zero-order valence-electron chi connectivity index (χ0n) is 16.4. The van der Waals surface area contributed by atoms with Crippen molar-refractivity contribution in [1.82, 2.24) is 19.5 Å². The quantitative estimate of drug-likeness (QED) is 0.426. The Labute approximate surface area is 179 Å². The number of hydrogen-bond acceptors (Lipinski definition) is 3. The summed E-state index contributed by atoms with van der Waals surface area (Å²) in [4.78, 5) is 4.35. The van der Waals surface area contributed by atoms with Crippen LogP contribution in [-0.4, -0.2) is 27.6 Å². The molecule has 3 rings (SSSR count). The van der Waals surface area contributed by atoms with Gasteiger partial charge in [0.25, 0.3) is 0 Å². The summed E-state index contributed by atoms with van der Waals surface area (Å²) >= 11 is 12.4. The number of unbranched alkanes of at least 4 members (excludes halogenated alkanes) is 1. The molecule has 0 saturated carbocycles. The molecular weight excluding hydrogens is 411 g/mol. The lowest BCUT2D eigenvalue weighted by Gasteiger charge is -2.23. The molecule has 1 unspecified atom stereocenters. The van der Waals surface area contributed by atoms with E-state index in [1.165, 1.54) is 24.2 Å². The summed E-state index contributed by atoms with van der Waals surface area (Å²) in [5.74, 6) is 2.80. The van der Waals surface area contributed by atoms with Crippen molar-refractivity contribution in [3.05, 3.63) is 63.9 Å². The van der Waals surface area contributed by atoms with Crippen LogP contribution in [0.5, 0.6) is 0 Å². The van der Waals surface area contributed by atoms with E-state index in [1.807, 2.05) is 30.5 Å². The van der Waals surface area contributed by atoms with Gasteiger partial charge >= 0.3 is 0 Å². The standard InChI is InChI=1S/C21H26Cl2N4S/c1-4-5-11-28(24-3)14-16-13-17(22)12-15(2)20(16)19-8-10-27(26-19)21-18(23)7-6-9-25-21/h6-10,12-13,24,28H,4-5,11,14H2,1-3H3. The average Bonchev–Trinajstić information content (AvgIpc) is 3.14. The van der Waals surface area contributed by atoms with Crippen LogP contribution in [0.15, 0.2) is 42.7 Å². The maximum atomic E-state index is 6.40. The van der Waals surface area contributed by atoms with E-state index in [0.717, 1.165) is 27.6 Å². The first-order valence-corrected chi connectivity index (χ1v) is 11.9. The molecule has 0 bridgehead atoms.